The number of benzene rings is 1. The zero-order valence-electron chi connectivity index (χ0n) is 17.7. The molecule has 3 amide bonds. The van der Waals surface area contributed by atoms with Gasteiger partial charge in [-0.2, -0.15) is 0 Å². The van der Waals surface area contributed by atoms with E-state index < -0.39 is 54.0 Å². The molecule has 5 atom stereocenters. The molecule has 0 radical (unpaired) electrons. The van der Waals surface area contributed by atoms with Gasteiger partial charge < -0.3 is 31.5 Å². The smallest absolute Gasteiger partial charge is 0.326 e. The van der Waals surface area contributed by atoms with Crippen LogP contribution in [-0.2, 0) is 25.6 Å². The van der Waals surface area contributed by atoms with E-state index in [1.54, 1.807) is 24.3 Å². The fourth-order valence-corrected chi connectivity index (χ4v) is 3.46. The molecule has 0 aromatic heterocycles. The van der Waals surface area contributed by atoms with Crippen LogP contribution in [0.1, 0.15) is 32.3 Å². The molecule has 2 rings (SSSR count). The largest absolute Gasteiger partial charge is 0.480 e. The van der Waals surface area contributed by atoms with Crippen molar-refractivity contribution >= 4 is 23.7 Å². The van der Waals surface area contributed by atoms with Gasteiger partial charge in [-0.1, -0.05) is 30.3 Å². The molecular formula is C21H30N4O6. The summed E-state index contributed by atoms with van der Waals surface area (Å²) in [6.07, 6.45) is -0.0178. The molecule has 10 heteroatoms. The summed E-state index contributed by atoms with van der Waals surface area (Å²) >= 11 is 0. The molecule has 1 aromatic carbocycles. The van der Waals surface area contributed by atoms with E-state index in [1.165, 1.54) is 18.7 Å². The molecule has 10 nitrogen and oxygen atoms in total. The van der Waals surface area contributed by atoms with E-state index in [0.717, 1.165) is 5.56 Å². The minimum atomic E-state index is -1.22. The van der Waals surface area contributed by atoms with Gasteiger partial charge >= 0.3 is 5.97 Å². The second kappa shape index (κ2) is 10.9. The van der Waals surface area contributed by atoms with Gasteiger partial charge in [0.2, 0.25) is 17.7 Å². The number of amides is 3. The molecule has 0 saturated carbocycles. The molecular weight excluding hydrogens is 404 g/mol. The summed E-state index contributed by atoms with van der Waals surface area (Å²) < 4.78 is 0. The van der Waals surface area contributed by atoms with Gasteiger partial charge in [-0.3, -0.25) is 14.4 Å². The number of likely N-dealkylation sites (tertiary alicyclic amines) is 1. The minimum Gasteiger partial charge on any atom is -0.480 e. The van der Waals surface area contributed by atoms with Crippen molar-refractivity contribution in [2.75, 3.05) is 6.54 Å². The summed E-state index contributed by atoms with van der Waals surface area (Å²) in [5.41, 5.74) is 6.44. The van der Waals surface area contributed by atoms with Gasteiger partial charge in [0.15, 0.2) is 0 Å². The molecule has 0 bridgehead atoms. The Balaban J connectivity index is 2.11. The number of aliphatic hydroxyl groups is 1. The zero-order valence-corrected chi connectivity index (χ0v) is 17.7. The molecule has 1 fully saturated rings. The van der Waals surface area contributed by atoms with Gasteiger partial charge in [0, 0.05) is 13.0 Å². The number of hydrogen-bond acceptors (Lipinski definition) is 6. The van der Waals surface area contributed by atoms with Crippen LogP contribution in [0, 0.1) is 0 Å². The van der Waals surface area contributed by atoms with Gasteiger partial charge in [0.25, 0.3) is 0 Å². The lowest BCUT2D eigenvalue weighted by atomic mass is 10.0. The van der Waals surface area contributed by atoms with E-state index in [4.69, 9.17) is 5.73 Å². The summed E-state index contributed by atoms with van der Waals surface area (Å²) in [5.74, 6) is -2.88. The number of carboxylic acids is 1. The highest BCUT2D eigenvalue weighted by atomic mass is 16.4. The summed E-state index contributed by atoms with van der Waals surface area (Å²) in [5, 5.41) is 23.9. The predicted molar refractivity (Wildman–Crippen MR) is 112 cm³/mol. The molecule has 5 unspecified atom stereocenters. The SMILES string of the molecule is CC(NC(=O)C(Cc1ccccc1)NC(=O)C(N)C(C)O)C(=O)N1CCCC1C(=O)O. The van der Waals surface area contributed by atoms with E-state index in [2.05, 4.69) is 10.6 Å². The van der Waals surface area contributed by atoms with E-state index in [9.17, 15) is 29.4 Å². The van der Waals surface area contributed by atoms with Crippen molar-refractivity contribution in [2.24, 2.45) is 5.73 Å². The Bertz CT molecular complexity index is 800. The maximum absolute atomic E-state index is 12.9. The summed E-state index contributed by atoms with van der Waals surface area (Å²) in [4.78, 5) is 50.5. The lowest BCUT2D eigenvalue weighted by molar-refractivity contribution is -0.149. The van der Waals surface area contributed by atoms with Crippen molar-refractivity contribution in [3.05, 3.63) is 35.9 Å². The molecule has 31 heavy (non-hydrogen) atoms. The van der Waals surface area contributed by atoms with Gasteiger partial charge in [-0.25, -0.2) is 4.79 Å². The Morgan fingerprint density at radius 2 is 1.77 bits per heavy atom. The molecule has 1 aliphatic rings. The molecule has 1 saturated heterocycles. The molecule has 0 spiro atoms. The first kappa shape index (κ1) is 24.3. The lowest BCUT2D eigenvalue weighted by Gasteiger charge is -2.27. The Labute approximate surface area is 180 Å². The molecule has 1 aliphatic heterocycles. The number of hydrogen-bond donors (Lipinski definition) is 5. The highest BCUT2D eigenvalue weighted by molar-refractivity contribution is 5.94. The van der Waals surface area contributed by atoms with Crippen molar-refractivity contribution in [1.82, 2.24) is 15.5 Å². The van der Waals surface area contributed by atoms with E-state index in [-0.39, 0.29) is 6.42 Å². The number of carboxylic acid groups (broad SMARTS) is 1. The zero-order chi connectivity index (χ0) is 23.1. The van der Waals surface area contributed by atoms with Gasteiger partial charge in [-0.15, -0.1) is 0 Å². The van der Waals surface area contributed by atoms with Crippen LogP contribution in [0.3, 0.4) is 0 Å². The quantitative estimate of drug-likeness (QED) is 0.333. The third kappa shape index (κ3) is 6.50. The van der Waals surface area contributed by atoms with E-state index in [0.29, 0.717) is 19.4 Å². The van der Waals surface area contributed by atoms with Crippen LogP contribution in [0.4, 0.5) is 0 Å². The topological polar surface area (TPSA) is 162 Å². The monoisotopic (exact) mass is 434 g/mol. The second-order valence-corrected chi connectivity index (χ2v) is 7.78. The van der Waals surface area contributed by atoms with Gasteiger partial charge in [0.1, 0.15) is 24.2 Å². The molecule has 1 heterocycles. The maximum Gasteiger partial charge on any atom is 0.326 e. The summed E-state index contributed by atoms with van der Waals surface area (Å²) in [6.45, 7) is 3.15. The lowest BCUT2D eigenvalue weighted by Crippen LogP contribution is -2.58. The summed E-state index contributed by atoms with van der Waals surface area (Å²) in [7, 11) is 0. The Morgan fingerprint density at radius 3 is 2.35 bits per heavy atom. The molecule has 1 aromatic rings. The third-order valence-corrected chi connectivity index (χ3v) is 5.29. The number of nitrogens with one attached hydrogen (secondary N) is 2. The Kier molecular flexibility index (Phi) is 8.52. The van der Waals surface area contributed by atoms with Crippen LogP contribution in [0.5, 0.6) is 0 Å². The molecule has 170 valence electrons. The first-order valence-electron chi connectivity index (χ1n) is 10.2. The highest BCUT2D eigenvalue weighted by Crippen LogP contribution is 2.18. The number of nitrogens with two attached hydrogens (primary N) is 1. The van der Waals surface area contributed by atoms with E-state index in [1.807, 2.05) is 6.07 Å². The van der Waals surface area contributed by atoms with Crippen molar-refractivity contribution in [1.29, 1.82) is 0 Å². The van der Waals surface area contributed by atoms with Crippen molar-refractivity contribution < 1.29 is 29.4 Å². The fraction of sp³-hybridized carbons (Fsp3) is 0.524. The number of nitrogens with zero attached hydrogens (tertiary/aromatic N) is 1. The number of rotatable bonds is 9. The first-order chi connectivity index (χ1) is 14.6. The second-order valence-electron chi connectivity index (χ2n) is 7.78. The number of carbonyl (C=O) groups is 4. The average Bonchev–Trinajstić information content (AvgIpc) is 3.22. The fourth-order valence-electron chi connectivity index (χ4n) is 3.46. The van der Waals surface area contributed by atoms with Crippen molar-refractivity contribution in [3.8, 4) is 0 Å². The normalized spacial score (nSPS) is 19.7. The molecule has 6 N–H and O–H groups in total. The number of aliphatic carboxylic acids is 1. The molecule has 0 aliphatic carbocycles. The standard InChI is InChI=1S/C21H30N4O6/c1-12(20(29)25-10-6-9-16(25)21(30)31)23-18(27)15(11-14-7-4-3-5-8-14)24-19(28)17(22)13(2)26/h3-5,7-8,12-13,15-17,26H,6,9-11,22H2,1-2H3,(H,23,27)(H,24,28)(H,30,31). The maximum atomic E-state index is 12.9. The number of aliphatic hydroxyl groups excluding tert-OH is 1. The third-order valence-electron chi connectivity index (χ3n) is 5.29. The van der Waals surface area contributed by atoms with Crippen LogP contribution in [0.15, 0.2) is 30.3 Å². The van der Waals surface area contributed by atoms with Crippen LogP contribution >= 0.6 is 0 Å². The van der Waals surface area contributed by atoms with Crippen LogP contribution in [0.25, 0.3) is 0 Å². The van der Waals surface area contributed by atoms with Crippen LogP contribution < -0.4 is 16.4 Å². The Hall–Kier alpha value is -2.98. The minimum absolute atomic E-state index is 0.146. The predicted octanol–water partition coefficient (Wildman–Crippen LogP) is -0.998. The van der Waals surface area contributed by atoms with E-state index >= 15 is 0 Å². The summed E-state index contributed by atoms with van der Waals surface area (Å²) in [6, 6.07) is 4.84. The van der Waals surface area contributed by atoms with Gasteiger partial charge in [-0.05, 0) is 32.3 Å². The number of carbonyl (C=O) groups excluding carboxylic acids is 3. The first-order valence-corrected chi connectivity index (χ1v) is 10.2. The van der Waals surface area contributed by atoms with Crippen molar-refractivity contribution in [2.45, 2.75) is 63.4 Å². The van der Waals surface area contributed by atoms with Crippen LogP contribution in [0.2, 0.25) is 0 Å². The van der Waals surface area contributed by atoms with Gasteiger partial charge in [0.05, 0.1) is 6.10 Å². The Morgan fingerprint density at radius 1 is 1.13 bits per heavy atom. The average molecular weight is 434 g/mol. The van der Waals surface area contributed by atoms with Crippen LogP contribution in [-0.4, -0.2) is 75.6 Å². The van der Waals surface area contributed by atoms with Crippen molar-refractivity contribution in [3.63, 3.8) is 0 Å². The highest BCUT2D eigenvalue weighted by Gasteiger charge is 2.37.